The summed E-state index contributed by atoms with van der Waals surface area (Å²) in [6, 6.07) is 111. The van der Waals surface area contributed by atoms with Crippen LogP contribution < -0.4 is 0 Å². The van der Waals surface area contributed by atoms with Crippen molar-refractivity contribution in [1.82, 2.24) is 23.7 Å². The molecule has 14 aromatic carbocycles. The predicted octanol–water partition coefficient (Wildman–Crippen LogP) is 24.5. The minimum Gasteiger partial charge on any atom is -0.309 e. The van der Waals surface area contributed by atoms with E-state index in [-0.39, 0.29) is 16.2 Å². The number of benzene rings is 14. The number of hydrogen-bond donors (Lipinski definition) is 0. The lowest BCUT2D eigenvalue weighted by Gasteiger charge is -2.22. The zero-order valence-corrected chi connectivity index (χ0v) is 56.5. The summed E-state index contributed by atoms with van der Waals surface area (Å²) in [5.74, 6) is 0.615. The van der Waals surface area contributed by atoms with E-state index in [2.05, 4.69) is 352 Å². The highest BCUT2D eigenvalue weighted by Gasteiger charge is 2.38. The molecule has 0 aliphatic heterocycles. The Balaban J connectivity index is 0.746. The molecule has 0 saturated heterocycles. The van der Waals surface area contributed by atoms with Crippen LogP contribution in [0.1, 0.15) is 74.9 Å². The van der Waals surface area contributed by atoms with Gasteiger partial charge in [0.1, 0.15) is 0 Å². The number of nitrogens with zero attached hydrogens (tertiary/aromatic N) is 5. The Kier molecular flexibility index (Phi) is 11.6. The topological polar surface area (TPSA) is 40.6 Å². The Bertz CT molecular complexity index is 6620. The SMILES string of the molecule is CC1(C)c2ccccc2-c2ccc(-c3ccc4c5ccccc5n(-c5ccc(-c6nc(-n7c8ccccc8c8ccc(-c9ccc%10c(c9)C(C)(C)c9ccccc9-%10)cc87)nc7ccc(-n8c9ccccc9c9ccc(-c%10ccc%11c(c%10)C(C)(C)c%10ccccc%10-%11)cc98)cc67)cc5)c4c3)cc21. The number of aromatic nitrogens is 5. The number of rotatable bonds is 7. The molecule has 5 heteroatoms. The summed E-state index contributed by atoms with van der Waals surface area (Å²) in [6.45, 7) is 14.2. The second-order valence-electron chi connectivity index (χ2n) is 29.7. The molecule has 0 N–H and O–H groups in total. The number of hydrogen-bond acceptors (Lipinski definition) is 2. The van der Waals surface area contributed by atoms with Gasteiger partial charge < -0.3 is 9.13 Å². The molecule has 3 aliphatic carbocycles. The molecule has 0 spiro atoms. The second-order valence-corrected chi connectivity index (χ2v) is 29.7. The van der Waals surface area contributed by atoms with Crippen molar-refractivity contribution in [3.63, 3.8) is 0 Å². The maximum absolute atomic E-state index is 5.88. The monoisotopic (exact) mass is 1280 g/mol. The maximum Gasteiger partial charge on any atom is 0.235 e. The molecule has 472 valence electrons. The Morgan fingerprint density at radius 2 is 0.540 bits per heavy atom. The van der Waals surface area contributed by atoms with Crippen LogP contribution in [-0.4, -0.2) is 23.7 Å². The lowest BCUT2D eigenvalue weighted by Crippen LogP contribution is -2.14. The van der Waals surface area contributed by atoms with Crippen LogP contribution in [-0.2, 0) is 16.2 Å². The van der Waals surface area contributed by atoms with E-state index in [0.29, 0.717) is 5.95 Å². The summed E-state index contributed by atoms with van der Waals surface area (Å²) in [6.07, 6.45) is 0. The minimum atomic E-state index is -0.130. The molecule has 0 atom stereocenters. The molecule has 0 fully saturated rings. The van der Waals surface area contributed by atoms with Gasteiger partial charge in [-0.2, -0.15) is 0 Å². The first-order valence-corrected chi connectivity index (χ1v) is 35.1. The van der Waals surface area contributed by atoms with Gasteiger partial charge in [0.2, 0.25) is 5.95 Å². The molecule has 5 nitrogen and oxygen atoms in total. The van der Waals surface area contributed by atoms with Gasteiger partial charge >= 0.3 is 0 Å². The second kappa shape index (κ2) is 20.5. The molecule has 0 bridgehead atoms. The average molecular weight is 1280 g/mol. The lowest BCUT2D eigenvalue weighted by molar-refractivity contribution is 0.660. The fourth-order valence-corrected chi connectivity index (χ4v) is 18.2. The Morgan fingerprint density at radius 3 is 0.980 bits per heavy atom. The van der Waals surface area contributed by atoms with Crippen molar-refractivity contribution in [2.24, 2.45) is 0 Å². The van der Waals surface area contributed by atoms with Crippen molar-refractivity contribution in [3.8, 4) is 95.3 Å². The zero-order chi connectivity index (χ0) is 66.7. The average Bonchev–Trinajstić information content (AvgIpc) is 1.47. The summed E-state index contributed by atoms with van der Waals surface area (Å²) >= 11 is 0. The van der Waals surface area contributed by atoms with E-state index in [1.807, 2.05) is 0 Å². The van der Waals surface area contributed by atoms with Crippen molar-refractivity contribution in [2.75, 3.05) is 0 Å². The summed E-state index contributed by atoms with van der Waals surface area (Å²) in [5, 5.41) is 8.11. The smallest absolute Gasteiger partial charge is 0.235 e. The van der Waals surface area contributed by atoms with Crippen molar-refractivity contribution in [2.45, 2.75) is 57.8 Å². The molecule has 100 heavy (non-hydrogen) atoms. The van der Waals surface area contributed by atoms with E-state index in [9.17, 15) is 0 Å². The third kappa shape index (κ3) is 7.94. The maximum atomic E-state index is 5.88. The molecule has 0 amide bonds. The van der Waals surface area contributed by atoms with Gasteiger partial charge in [0.15, 0.2) is 0 Å². The summed E-state index contributed by atoms with van der Waals surface area (Å²) in [7, 11) is 0. The number of para-hydroxylation sites is 3. The molecule has 4 aromatic heterocycles. The molecule has 21 rings (SSSR count). The van der Waals surface area contributed by atoms with E-state index >= 15 is 0 Å². The van der Waals surface area contributed by atoms with Crippen LogP contribution in [0.3, 0.4) is 0 Å². The van der Waals surface area contributed by atoms with Crippen LogP contribution in [0.2, 0.25) is 0 Å². The quantitative estimate of drug-likeness (QED) is 0.160. The highest BCUT2D eigenvalue weighted by molar-refractivity contribution is 6.13. The Labute approximate surface area is 580 Å². The van der Waals surface area contributed by atoms with Crippen LogP contribution in [0.25, 0.3) is 172 Å². The van der Waals surface area contributed by atoms with E-state index in [0.717, 1.165) is 83.0 Å². The number of fused-ring (bicyclic) bond motifs is 19. The van der Waals surface area contributed by atoms with Gasteiger partial charge in [0, 0.05) is 70.9 Å². The molecule has 0 unspecified atom stereocenters. The molecule has 4 heterocycles. The van der Waals surface area contributed by atoms with Crippen LogP contribution >= 0.6 is 0 Å². The fourth-order valence-electron chi connectivity index (χ4n) is 18.2. The molecular formula is C95H67N5. The van der Waals surface area contributed by atoms with Crippen LogP contribution in [0.15, 0.2) is 297 Å². The Morgan fingerprint density at radius 1 is 0.220 bits per heavy atom. The zero-order valence-electron chi connectivity index (χ0n) is 56.5. The third-order valence-corrected chi connectivity index (χ3v) is 23.3. The first-order valence-electron chi connectivity index (χ1n) is 35.1. The van der Waals surface area contributed by atoms with Gasteiger partial charge in [0.05, 0.1) is 44.3 Å². The summed E-state index contributed by atoms with van der Waals surface area (Å²) in [5.41, 5.74) is 34.5. The first kappa shape index (κ1) is 56.9. The summed E-state index contributed by atoms with van der Waals surface area (Å²) in [4.78, 5) is 11.6. The minimum absolute atomic E-state index is 0.104. The largest absolute Gasteiger partial charge is 0.309 e. The predicted molar refractivity (Wildman–Crippen MR) is 417 cm³/mol. The van der Waals surface area contributed by atoms with E-state index in [4.69, 9.17) is 9.97 Å². The first-order chi connectivity index (χ1) is 48.8. The van der Waals surface area contributed by atoms with Gasteiger partial charge in [-0.1, -0.05) is 254 Å². The van der Waals surface area contributed by atoms with Crippen LogP contribution in [0.4, 0.5) is 0 Å². The molecule has 3 aliphatic rings. The fraction of sp³-hybridized carbons (Fsp3) is 0.0947. The molecule has 0 saturated carbocycles. The lowest BCUT2D eigenvalue weighted by atomic mass is 9.81. The van der Waals surface area contributed by atoms with E-state index < -0.39 is 0 Å². The molecule has 18 aromatic rings. The van der Waals surface area contributed by atoms with Gasteiger partial charge in [-0.25, -0.2) is 9.97 Å². The van der Waals surface area contributed by atoms with Crippen molar-refractivity contribution < 1.29 is 0 Å². The molecule has 0 radical (unpaired) electrons. The normalized spacial score (nSPS) is 14.3. The third-order valence-electron chi connectivity index (χ3n) is 23.3. The van der Waals surface area contributed by atoms with Gasteiger partial charge in [0.25, 0.3) is 0 Å². The van der Waals surface area contributed by atoms with Gasteiger partial charge in [-0.05, 0) is 185 Å². The van der Waals surface area contributed by atoms with Gasteiger partial charge in [-0.15, -0.1) is 0 Å². The highest BCUT2D eigenvalue weighted by Crippen LogP contribution is 2.54. The summed E-state index contributed by atoms with van der Waals surface area (Å²) < 4.78 is 7.20. The van der Waals surface area contributed by atoms with E-state index in [1.54, 1.807) is 0 Å². The van der Waals surface area contributed by atoms with Gasteiger partial charge in [-0.3, -0.25) is 4.57 Å². The van der Waals surface area contributed by atoms with Crippen molar-refractivity contribution in [3.05, 3.63) is 331 Å². The standard InChI is InChI=1S/C95H67N5/c1-93(2)78-25-13-7-19-65(78)68-42-33-57(49-81(68)93)60-36-45-74-71-22-10-16-28-85(71)98(88(74)52-60)63-39-31-56(32-40-63)91-77-55-64(99-86-29-17-11-23-72(86)75-46-37-61(53-89(75)99)58-34-43-69-66-20-8-14-26-79(66)94(3,4)82(69)50-58)41-48-84(77)96-92(97-91)100-87-30-18-12-24-73(87)76-47-38-62(54-90(76)100)59-35-44-70-67-21-9-15-27-80(67)95(5,6)83(70)51-59/h7-55H,1-6H3. The van der Waals surface area contributed by atoms with Crippen molar-refractivity contribution in [1.29, 1.82) is 0 Å². The van der Waals surface area contributed by atoms with E-state index in [1.165, 1.54) is 116 Å². The van der Waals surface area contributed by atoms with Crippen LogP contribution in [0.5, 0.6) is 0 Å². The highest BCUT2D eigenvalue weighted by atomic mass is 15.2. The Hall–Kier alpha value is -12.2. The van der Waals surface area contributed by atoms with Crippen molar-refractivity contribution >= 4 is 76.3 Å². The van der Waals surface area contributed by atoms with Crippen LogP contribution in [0, 0.1) is 0 Å². The molecular weight excluding hydrogens is 1210 g/mol.